The minimum Gasteiger partial charge on any atom is -0.310 e. The van der Waals surface area contributed by atoms with Crippen molar-refractivity contribution in [3.63, 3.8) is 0 Å². The van der Waals surface area contributed by atoms with Crippen molar-refractivity contribution in [2.45, 2.75) is 39.4 Å². The molecule has 23 heavy (non-hydrogen) atoms. The van der Waals surface area contributed by atoms with Crippen molar-refractivity contribution in [3.8, 4) is 0 Å². The predicted octanol–water partition coefficient (Wildman–Crippen LogP) is 3.31. The highest BCUT2D eigenvalue weighted by Gasteiger charge is 2.24. The number of hydrogen-bond donors (Lipinski definition) is 1. The summed E-state index contributed by atoms with van der Waals surface area (Å²) in [6, 6.07) is 4.21. The second-order valence-electron chi connectivity index (χ2n) is 5.19. The second-order valence-corrected chi connectivity index (χ2v) is 7.24. The molecule has 130 valence electrons. The molecule has 1 aromatic rings. The van der Waals surface area contributed by atoms with Crippen molar-refractivity contribution in [3.05, 3.63) is 35.1 Å². The summed E-state index contributed by atoms with van der Waals surface area (Å²) in [5.74, 6) is -0.475. The molecule has 0 radical (unpaired) electrons. The molecule has 0 aliphatic rings. The molecule has 0 aliphatic heterocycles. The predicted molar refractivity (Wildman–Crippen MR) is 88.2 cm³/mol. The van der Waals surface area contributed by atoms with E-state index in [1.165, 1.54) is 13.0 Å². The molecular weight excluding hydrogens is 320 g/mol. The van der Waals surface area contributed by atoms with E-state index in [0.717, 1.165) is 0 Å². The van der Waals surface area contributed by atoms with E-state index in [9.17, 15) is 13.8 Å². The molecule has 0 amide bonds. The van der Waals surface area contributed by atoms with Gasteiger partial charge in [0, 0.05) is 0 Å². The first-order valence-electron chi connectivity index (χ1n) is 7.68. The third-order valence-corrected chi connectivity index (χ3v) is 5.46. The SMILES string of the molecule is CCOP(=O)(Cc1ccc(C[C@H](NC)C(C)=O)c(F)c1)OCC. The zero-order valence-electron chi connectivity index (χ0n) is 14.1. The van der Waals surface area contributed by atoms with E-state index < -0.39 is 19.5 Å². The number of nitrogens with one attached hydrogen (secondary N) is 1. The van der Waals surface area contributed by atoms with Gasteiger partial charge in [-0.3, -0.25) is 9.36 Å². The highest BCUT2D eigenvalue weighted by molar-refractivity contribution is 7.53. The molecule has 0 saturated heterocycles. The molecule has 0 fully saturated rings. The van der Waals surface area contributed by atoms with Crippen LogP contribution in [0.5, 0.6) is 0 Å². The monoisotopic (exact) mass is 345 g/mol. The van der Waals surface area contributed by atoms with Gasteiger partial charge in [0.15, 0.2) is 0 Å². The van der Waals surface area contributed by atoms with Gasteiger partial charge < -0.3 is 14.4 Å². The van der Waals surface area contributed by atoms with Crippen LogP contribution in [0.4, 0.5) is 4.39 Å². The lowest BCUT2D eigenvalue weighted by molar-refractivity contribution is -0.118. The molecule has 0 bridgehead atoms. The van der Waals surface area contributed by atoms with E-state index in [-0.39, 0.29) is 31.6 Å². The van der Waals surface area contributed by atoms with Gasteiger partial charge in [0.1, 0.15) is 11.6 Å². The third-order valence-electron chi connectivity index (χ3n) is 3.41. The number of ketones is 1. The zero-order chi connectivity index (χ0) is 17.5. The normalized spacial score (nSPS) is 13.1. The van der Waals surface area contributed by atoms with E-state index in [1.54, 1.807) is 33.0 Å². The average molecular weight is 345 g/mol. The molecular formula is C16H25FNO4P. The summed E-state index contributed by atoms with van der Waals surface area (Å²) < 4.78 is 37.1. The van der Waals surface area contributed by atoms with Crippen LogP contribution < -0.4 is 5.32 Å². The molecule has 0 saturated carbocycles. The Morgan fingerprint density at radius 2 is 1.91 bits per heavy atom. The first-order chi connectivity index (χ1) is 10.8. The standard InChI is InChI=1S/C16H25FNO4P/c1-5-21-23(20,22-6-2)11-13-7-8-14(15(17)9-13)10-16(18-4)12(3)19/h7-9,16,18H,5-6,10-11H2,1-4H3/t16-/m0/s1. The van der Waals surface area contributed by atoms with Gasteiger partial charge in [-0.2, -0.15) is 0 Å². The number of likely N-dealkylation sites (N-methyl/N-ethyl adjacent to an activating group) is 1. The van der Waals surface area contributed by atoms with Crippen LogP contribution in [-0.2, 0) is 31.0 Å². The molecule has 1 atom stereocenters. The molecule has 0 spiro atoms. The number of hydrogen-bond acceptors (Lipinski definition) is 5. The molecule has 1 aromatic carbocycles. The van der Waals surface area contributed by atoms with Gasteiger partial charge in [-0.05, 0) is 51.4 Å². The van der Waals surface area contributed by atoms with E-state index in [1.807, 2.05) is 0 Å². The van der Waals surface area contributed by atoms with Gasteiger partial charge in [-0.1, -0.05) is 12.1 Å². The first kappa shape index (κ1) is 20.0. The number of halogens is 1. The second kappa shape index (κ2) is 9.28. The van der Waals surface area contributed by atoms with Crippen molar-refractivity contribution in [2.75, 3.05) is 20.3 Å². The van der Waals surface area contributed by atoms with Gasteiger partial charge in [0.05, 0.1) is 25.4 Å². The largest absolute Gasteiger partial charge is 0.335 e. The van der Waals surface area contributed by atoms with Gasteiger partial charge in [0.25, 0.3) is 0 Å². The number of benzene rings is 1. The maximum atomic E-state index is 14.2. The Labute approximate surface area is 137 Å². The van der Waals surface area contributed by atoms with Crippen molar-refractivity contribution in [2.24, 2.45) is 0 Å². The Morgan fingerprint density at radius 1 is 1.30 bits per heavy atom. The van der Waals surface area contributed by atoms with Crippen molar-refractivity contribution < 1.29 is 22.8 Å². The van der Waals surface area contributed by atoms with Crippen LogP contribution in [0.15, 0.2) is 18.2 Å². The fourth-order valence-corrected chi connectivity index (χ4v) is 3.96. The molecule has 5 nitrogen and oxygen atoms in total. The van der Waals surface area contributed by atoms with Gasteiger partial charge in [0.2, 0.25) is 0 Å². The number of rotatable bonds is 10. The van der Waals surface area contributed by atoms with Crippen molar-refractivity contribution in [1.82, 2.24) is 5.32 Å². The molecule has 1 N–H and O–H groups in total. The summed E-state index contributed by atoms with van der Waals surface area (Å²) >= 11 is 0. The van der Waals surface area contributed by atoms with Crippen LogP contribution in [0.2, 0.25) is 0 Å². The summed E-state index contributed by atoms with van der Waals surface area (Å²) in [6.45, 7) is 5.46. The molecule has 0 heterocycles. The Bertz CT molecular complexity index is 569. The third kappa shape index (κ3) is 6.15. The summed E-state index contributed by atoms with van der Waals surface area (Å²) in [6.07, 6.45) is 0.292. The summed E-state index contributed by atoms with van der Waals surface area (Å²) in [5, 5.41) is 2.86. The Morgan fingerprint density at radius 3 is 2.35 bits per heavy atom. The summed E-state index contributed by atoms with van der Waals surface area (Å²) in [5.41, 5.74) is 0.978. The quantitative estimate of drug-likeness (QED) is 0.659. The first-order valence-corrected chi connectivity index (χ1v) is 9.41. The van der Waals surface area contributed by atoms with Crippen LogP contribution in [-0.4, -0.2) is 32.1 Å². The van der Waals surface area contributed by atoms with Crippen molar-refractivity contribution in [1.29, 1.82) is 0 Å². The van der Waals surface area contributed by atoms with E-state index in [2.05, 4.69) is 5.32 Å². The number of carbonyl (C=O) groups excluding carboxylic acids is 1. The van der Waals surface area contributed by atoms with E-state index in [0.29, 0.717) is 11.1 Å². The molecule has 7 heteroatoms. The lowest BCUT2D eigenvalue weighted by Crippen LogP contribution is -2.34. The average Bonchev–Trinajstić information content (AvgIpc) is 2.46. The van der Waals surface area contributed by atoms with Crippen LogP contribution in [0.25, 0.3) is 0 Å². The van der Waals surface area contributed by atoms with Crippen LogP contribution in [0.1, 0.15) is 31.9 Å². The highest BCUT2D eigenvalue weighted by atomic mass is 31.2. The van der Waals surface area contributed by atoms with E-state index in [4.69, 9.17) is 9.05 Å². The van der Waals surface area contributed by atoms with Crippen LogP contribution in [0.3, 0.4) is 0 Å². The van der Waals surface area contributed by atoms with Crippen LogP contribution >= 0.6 is 7.60 Å². The summed E-state index contributed by atoms with van der Waals surface area (Å²) in [4.78, 5) is 11.4. The van der Waals surface area contributed by atoms with Crippen molar-refractivity contribution >= 4 is 13.4 Å². The maximum Gasteiger partial charge on any atom is 0.335 e. The van der Waals surface area contributed by atoms with E-state index >= 15 is 0 Å². The Kier molecular flexibility index (Phi) is 8.06. The minimum absolute atomic E-state index is 0.0219. The maximum absolute atomic E-state index is 14.2. The highest BCUT2D eigenvalue weighted by Crippen LogP contribution is 2.51. The van der Waals surface area contributed by atoms with Crippen LogP contribution in [0, 0.1) is 5.82 Å². The molecule has 1 rings (SSSR count). The van der Waals surface area contributed by atoms with Gasteiger partial charge in [-0.15, -0.1) is 0 Å². The molecule has 0 aromatic heterocycles. The zero-order valence-corrected chi connectivity index (χ0v) is 15.0. The number of carbonyl (C=O) groups is 1. The lowest BCUT2D eigenvalue weighted by Gasteiger charge is -2.18. The Hall–Kier alpha value is -1.07. The topological polar surface area (TPSA) is 64.6 Å². The smallest absolute Gasteiger partial charge is 0.310 e. The fourth-order valence-electron chi connectivity index (χ4n) is 2.27. The van der Waals surface area contributed by atoms with Gasteiger partial charge >= 0.3 is 7.60 Å². The molecule has 0 unspecified atom stereocenters. The summed E-state index contributed by atoms with van der Waals surface area (Å²) in [7, 11) is -1.59. The number of Topliss-reactive ketones (excluding diaryl/α,β-unsaturated/α-hetero) is 1. The minimum atomic E-state index is -3.26. The van der Waals surface area contributed by atoms with Gasteiger partial charge in [-0.25, -0.2) is 4.39 Å². The molecule has 0 aliphatic carbocycles. The Balaban J connectivity index is 2.90. The lowest BCUT2D eigenvalue weighted by atomic mass is 10.0. The fraction of sp³-hybridized carbons (Fsp3) is 0.562.